The van der Waals surface area contributed by atoms with Gasteiger partial charge in [0.1, 0.15) is 0 Å². The van der Waals surface area contributed by atoms with Gasteiger partial charge >= 0.3 is 0 Å². The van der Waals surface area contributed by atoms with Crippen molar-refractivity contribution in [3.63, 3.8) is 0 Å². The zero-order valence-electron chi connectivity index (χ0n) is 10.9. The summed E-state index contributed by atoms with van der Waals surface area (Å²) in [5, 5.41) is 1.20. The molecule has 0 aliphatic heterocycles. The summed E-state index contributed by atoms with van der Waals surface area (Å²) >= 11 is 1.79. The van der Waals surface area contributed by atoms with Crippen molar-refractivity contribution in [3.8, 4) is 0 Å². The van der Waals surface area contributed by atoms with Crippen molar-refractivity contribution in [1.82, 2.24) is 4.98 Å². The molecule has 0 radical (unpaired) electrons. The monoisotopic (exact) mass is 248 g/mol. The number of rotatable bonds is 2. The van der Waals surface area contributed by atoms with Gasteiger partial charge in [-0.15, -0.1) is 11.3 Å². The van der Waals surface area contributed by atoms with Crippen LogP contribution in [0.3, 0.4) is 0 Å². The summed E-state index contributed by atoms with van der Waals surface area (Å²) in [6, 6.07) is 6.57. The summed E-state index contributed by atoms with van der Waals surface area (Å²) in [4.78, 5) is 4.80. The van der Waals surface area contributed by atoms with Crippen molar-refractivity contribution in [2.45, 2.75) is 45.6 Å². The molecule has 0 aliphatic rings. The van der Waals surface area contributed by atoms with Crippen LogP contribution in [0.25, 0.3) is 10.2 Å². The second kappa shape index (κ2) is 4.39. The van der Waals surface area contributed by atoms with E-state index in [1.54, 1.807) is 11.3 Å². The lowest BCUT2D eigenvalue weighted by Gasteiger charge is -2.13. The van der Waals surface area contributed by atoms with E-state index in [1.165, 1.54) is 15.3 Å². The van der Waals surface area contributed by atoms with Crippen molar-refractivity contribution in [2.24, 2.45) is 5.73 Å². The quantitative estimate of drug-likeness (QED) is 0.883. The van der Waals surface area contributed by atoms with E-state index in [0.29, 0.717) is 0 Å². The molecule has 2 nitrogen and oxygen atoms in total. The SMILES string of the molecule is CC(N)Cc1cccc2sc(C(C)(C)C)nc12. The number of aromatic nitrogens is 1. The van der Waals surface area contributed by atoms with Crippen molar-refractivity contribution in [2.75, 3.05) is 0 Å². The number of thiazole rings is 1. The number of hydrogen-bond donors (Lipinski definition) is 1. The molecule has 2 rings (SSSR count). The normalized spacial score (nSPS) is 14.2. The average molecular weight is 248 g/mol. The molecule has 0 aliphatic carbocycles. The maximum absolute atomic E-state index is 5.88. The Morgan fingerprint density at radius 1 is 1.35 bits per heavy atom. The molecule has 92 valence electrons. The molecule has 0 saturated heterocycles. The summed E-state index contributed by atoms with van der Waals surface area (Å²) in [5.41, 5.74) is 8.41. The Morgan fingerprint density at radius 3 is 2.65 bits per heavy atom. The average Bonchev–Trinajstić information content (AvgIpc) is 2.60. The number of benzene rings is 1. The van der Waals surface area contributed by atoms with Crippen LogP contribution in [0.5, 0.6) is 0 Å². The third-order valence-electron chi connectivity index (χ3n) is 2.69. The summed E-state index contributed by atoms with van der Waals surface area (Å²) in [6.07, 6.45) is 0.894. The largest absolute Gasteiger partial charge is 0.328 e. The maximum atomic E-state index is 5.88. The smallest absolute Gasteiger partial charge is 0.0992 e. The van der Waals surface area contributed by atoms with Crippen LogP contribution in [0, 0.1) is 0 Å². The molecule has 0 amide bonds. The van der Waals surface area contributed by atoms with E-state index < -0.39 is 0 Å². The van der Waals surface area contributed by atoms with Crippen molar-refractivity contribution >= 4 is 21.6 Å². The highest BCUT2D eigenvalue weighted by Gasteiger charge is 2.19. The van der Waals surface area contributed by atoms with Gasteiger partial charge in [-0.25, -0.2) is 4.98 Å². The highest BCUT2D eigenvalue weighted by atomic mass is 32.1. The molecule has 1 atom stereocenters. The van der Waals surface area contributed by atoms with Gasteiger partial charge in [-0.2, -0.15) is 0 Å². The highest BCUT2D eigenvalue weighted by Crippen LogP contribution is 2.32. The molecule has 0 saturated carbocycles. The number of nitrogens with zero attached hydrogens (tertiary/aromatic N) is 1. The Hall–Kier alpha value is -0.930. The Labute approximate surface area is 107 Å². The van der Waals surface area contributed by atoms with Crippen molar-refractivity contribution in [1.29, 1.82) is 0 Å². The molecular formula is C14H20N2S. The van der Waals surface area contributed by atoms with Crippen LogP contribution >= 0.6 is 11.3 Å². The lowest BCUT2D eigenvalue weighted by Crippen LogP contribution is -2.18. The first-order valence-corrected chi connectivity index (χ1v) is 6.84. The summed E-state index contributed by atoms with van der Waals surface area (Å²) in [7, 11) is 0. The first-order chi connectivity index (χ1) is 7.88. The molecule has 1 aromatic heterocycles. The zero-order chi connectivity index (χ0) is 12.6. The first kappa shape index (κ1) is 12.5. The predicted molar refractivity (Wildman–Crippen MR) is 75.7 cm³/mol. The third kappa shape index (κ3) is 2.67. The van der Waals surface area contributed by atoms with Gasteiger partial charge in [-0.05, 0) is 25.0 Å². The van der Waals surface area contributed by atoms with E-state index in [4.69, 9.17) is 10.7 Å². The summed E-state index contributed by atoms with van der Waals surface area (Å²) in [5.74, 6) is 0. The predicted octanol–water partition coefficient (Wildman–Crippen LogP) is 3.48. The fourth-order valence-corrected chi connectivity index (χ4v) is 2.91. The molecule has 0 bridgehead atoms. The maximum Gasteiger partial charge on any atom is 0.0992 e. The van der Waals surface area contributed by atoms with Gasteiger partial charge in [0.05, 0.1) is 15.2 Å². The molecule has 0 spiro atoms. The molecular weight excluding hydrogens is 228 g/mol. The van der Waals surface area contributed by atoms with E-state index in [9.17, 15) is 0 Å². The van der Waals surface area contributed by atoms with Crippen molar-refractivity contribution in [3.05, 3.63) is 28.8 Å². The van der Waals surface area contributed by atoms with Crippen LogP contribution in [-0.2, 0) is 11.8 Å². The minimum Gasteiger partial charge on any atom is -0.328 e. The second-order valence-corrected chi connectivity index (χ2v) is 6.74. The molecule has 0 fully saturated rings. The van der Waals surface area contributed by atoms with E-state index in [0.717, 1.165) is 11.9 Å². The molecule has 2 N–H and O–H groups in total. The molecule has 1 heterocycles. The van der Waals surface area contributed by atoms with Crippen LogP contribution < -0.4 is 5.73 Å². The Morgan fingerprint density at radius 2 is 2.06 bits per heavy atom. The first-order valence-electron chi connectivity index (χ1n) is 6.02. The number of fused-ring (bicyclic) bond motifs is 1. The van der Waals surface area contributed by atoms with Gasteiger partial charge in [0.15, 0.2) is 0 Å². The van der Waals surface area contributed by atoms with Gasteiger partial charge in [-0.1, -0.05) is 32.9 Å². The third-order valence-corrected chi connectivity index (χ3v) is 4.13. The topological polar surface area (TPSA) is 38.9 Å². The molecule has 17 heavy (non-hydrogen) atoms. The molecule has 1 aromatic carbocycles. The molecule has 2 aromatic rings. The van der Waals surface area contributed by atoms with Crippen LogP contribution in [0.1, 0.15) is 38.3 Å². The van der Waals surface area contributed by atoms with E-state index >= 15 is 0 Å². The minimum atomic E-state index is 0.120. The highest BCUT2D eigenvalue weighted by molar-refractivity contribution is 7.18. The Kier molecular flexibility index (Phi) is 3.23. The van der Waals surface area contributed by atoms with Gasteiger partial charge in [0.25, 0.3) is 0 Å². The molecule has 1 unspecified atom stereocenters. The fourth-order valence-electron chi connectivity index (χ4n) is 1.84. The second-order valence-electron chi connectivity index (χ2n) is 5.71. The minimum absolute atomic E-state index is 0.120. The zero-order valence-corrected chi connectivity index (χ0v) is 11.8. The standard InChI is InChI=1S/C14H20N2S/c1-9(15)8-10-6-5-7-11-12(10)16-13(17-11)14(2,3)4/h5-7,9H,8,15H2,1-4H3. The lowest BCUT2D eigenvalue weighted by atomic mass is 9.98. The molecule has 3 heteroatoms. The number of nitrogens with two attached hydrogens (primary N) is 1. The van der Waals surface area contributed by atoms with E-state index in [1.807, 2.05) is 6.92 Å². The van der Waals surface area contributed by atoms with Gasteiger partial charge in [0.2, 0.25) is 0 Å². The fraction of sp³-hybridized carbons (Fsp3) is 0.500. The van der Waals surface area contributed by atoms with Crippen LogP contribution in [-0.4, -0.2) is 11.0 Å². The van der Waals surface area contributed by atoms with Crippen LogP contribution in [0.4, 0.5) is 0 Å². The summed E-state index contributed by atoms with van der Waals surface area (Å²) < 4.78 is 1.27. The van der Waals surface area contributed by atoms with Crippen LogP contribution in [0.15, 0.2) is 18.2 Å². The van der Waals surface area contributed by atoms with Crippen LogP contribution in [0.2, 0.25) is 0 Å². The number of hydrogen-bond acceptors (Lipinski definition) is 3. The Bertz CT molecular complexity index is 520. The van der Waals surface area contributed by atoms with Gasteiger partial charge in [-0.3, -0.25) is 0 Å². The lowest BCUT2D eigenvalue weighted by molar-refractivity contribution is 0.587. The van der Waals surface area contributed by atoms with Gasteiger partial charge < -0.3 is 5.73 Å². The summed E-state index contributed by atoms with van der Waals surface area (Å²) in [6.45, 7) is 8.65. The van der Waals surface area contributed by atoms with Gasteiger partial charge in [0, 0.05) is 11.5 Å². The van der Waals surface area contributed by atoms with Crippen molar-refractivity contribution < 1.29 is 0 Å². The number of para-hydroxylation sites is 1. The Balaban J connectivity index is 2.53. The van der Waals surface area contributed by atoms with E-state index in [2.05, 4.69) is 39.0 Å². The van der Waals surface area contributed by atoms with E-state index in [-0.39, 0.29) is 11.5 Å².